The Morgan fingerprint density at radius 1 is 1.06 bits per heavy atom. The lowest BCUT2D eigenvalue weighted by atomic mass is 10.0. The number of carbonyl (C=O) groups is 5. The first-order valence-corrected chi connectivity index (χ1v) is 10.2. The molecule has 1 aliphatic heterocycles. The van der Waals surface area contributed by atoms with Gasteiger partial charge in [0.05, 0.1) is 12.7 Å². The van der Waals surface area contributed by atoms with E-state index in [2.05, 4.69) is 15.0 Å². The van der Waals surface area contributed by atoms with Gasteiger partial charge >= 0.3 is 23.9 Å². The van der Waals surface area contributed by atoms with Crippen molar-refractivity contribution in [2.75, 3.05) is 19.0 Å². The molecule has 1 unspecified atom stereocenters. The van der Waals surface area contributed by atoms with E-state index in [1.165, 1.54) is 19.3 Å². The minimum Gasteiger partial charge on any atom is -0.466 e. The van der Waals surface area contributed by atoms with Crippen molar-refractivity contribution in [3.8, 4) is 0 Å². The second-order valence-corrected chi connectivity index (χ2v) is 7.30. The number of ether oxygens (including phenoxy) is 5. The number of amides is 1. The summed E-state index contributed by atoms with van der Waals surface area (Å²) < 4.78 is 27.1. The van der Waals surface area contributed by atoms with Gasteiger partial charge in [0.2, 0.25) is 11.9 Å². The van der Waals surface area contributed by atoms with Crippen molar-refractivity contribution in [2.45, 2.75) is 52.1 Å². The van der Waals surface area contributed by atoms with E-state index < -0.39 is 59.8 Å². The van der Waals surface area contributed by atoms with E-state index in [9.17, 15) is 28.8 Å². The Morgan fingerprint density at radius 2 is 1.69 bits per heavy atom. The first-order valence-electron chi connectivity index (χ1n) is 10.2. The number of carbonyl (C=O) groups excluding carboxylic acids is 5. The average molecular weight is 495 g/mol. The highest BCUT2D eigenvalue weighted by Crippen LogP contribution is 2.36. The monoisotopic (exact) mass is 495 g/mol. The molecule has 35 heavy (non-hydrogen) atoms. The molecule has 0 bridgehead atoms. The van der Waals surface area contributed by atoms with Gasteiger partial charge in [-0.05, 0) is 0 Å². The molecule has 190 valence electrons. The fraction of sp³-hybridized carbons (Fsp3) is 0.476. The number of aromatic nitrogens is 2. The summed E-state index contributed by atoms with van der Waals surface area (Å²) >= 11 is 0. The standard InChI is InChI=1S/C21H25N3O11/c1-10(25)22-21-23-20(30)14(8-24(21)7-6-16(29)31-5)17-19(34-13(4)28)18(33-12(3)27)15(35-17)9-32-11(2)26/h6-8,15,17-19H,9H2,1-5H3,(H,22,23,25,30)/b7-6+/t15-,17+,18?,19-/m1/s1. The Morgan fingerprint density at radius 3 is 2.23 bits per heavy atom. The summed E-state index contributed by atoms with van der Waals surface area (Å²) in [6, 6.07) is 0. The van der Waals surface area contributed by atoms with Crippen molar-refractivity contribution >= 4 is 41.9 Å². The minimum atomic E-state index is -1.31. The van der Waals surface area contributed by atoms with Crippen LogP contribution in [0.15, 0.2) is 17.1 Å². The highest BCUT2D eigenvalue weighted by atomic mass is 16.6. The maximum absolute atomic E-state index is 12.9. The number of rotatable bonds is 8. The SMILES string of the molecule is COC(=O)/C=C/n1cc([C@@H]2O[C@H](COC(C)=O)C(OC(C)=O)[C@@H]2OC(C)=O)c(=O)nc1NC(C)=O. The lowest BCUT2D eigenvalue weighted by molar-refractivity contribution is -0.165. The zero-order valence-corrected chi connectivity index (χ0v) is 19.6. The molecule has 1 N–H and O–H groups in total. The molecule has 1 saturated heterocycles. The molecule has 0 aromatic carbocycles. The van der Waals surface area contributed by atoms with E-state index in [1.54, 1.807) is 0 Å². The molecular formula is C21H25N3O11. The second-order valence-electron chi connectivity index (χ2n) is 7.30. The molecule has 1 aromatic heterocycles. The van der Waals surface area contributed by atoms with Crippen molar-refractivity contribution in [3.05, 3.63) is 28.2 Å². The predicted octanol–water partition coefficient (Wildman–Crippen LogP) is -0.288. The van der Waals surface area contributed by atoms with E-state index >= 15 is 0 Å². The molecule has 0 saturated carbocycles. The maximum atomic E-state index is 12.9. The summed E-state index contributed by atoms with van der Waals surface area (Å²) in [5.41, 5.74) is -1.03. The Bertz CT molecular complexity index is 1090. The Labute approximate surface area is 199 Å². The topological polar surface area (TPSA) is 178 Å². The number of esters is 4. The summed E-state index contributed by atoms with van der Waals surface area (Å²) in [6.45, 7) is 4.21. The van der Waals surface area contributed by atoms with Gasteiger partial charge in [0, 0.05) is 46.2 Å². The third-order valence-corrected chi connectivity index (χ3v) is 4.51. The van der Waals surface area contributed by atoms with Crippen LogP contribution in [-0.2, 0) is 47.7 Å². The third-order valence-electron chi connectivity index (χ3n) is 4.51. The fourth-order valence-corrected chi connectivity index (χ4v) is 3.22. The van der Waals surface area contributed by atoms with Gasteiger partial charge in [-0.25, -0.2) is 4.79 Å². The van der Waals surface area contributed by atoms with E-state index in [1.807, 2.05) is 0 Å². The normalized spacial score (nSPS) is 21.3. The summed E-state index contributed by atoms with van der Waals surface area (Å²) in [5.74, 6) is -3.63. The van der Waals surface area contributed by atoms with Crippen LogP contribution in [0.1, 0.15) is 39.4 Å². The maximum Gasteiger partial charge on any atom is 0.331 e. The summed E-state index contributed by atoms with van der Waals surface area (Å²) in [5, 5.41) is 2.35. The molecule has 1 amide bonds. The lowest BCUT2D eigenvalue weighted by Gasteiger charge is -2.23. The first-order chi connectivity index (χ1) is 16.4. The molecule has 14 heteroatoms. The summed E-state index contributed by atoms with van der Waals surface area (Å²) in [7, 11) is 1.16. The van der Waals surface area contributed by atoms with Crippen molar-refractivity contribution in [3.63, 3.8) is 0 Å². The first kappa shape index (κ1) is 27.2. The quantitative estimate of drug-likeness (QED) is 0.283. The van der Waals surface area contributed by atoms with Crippen LogP contribution in [0.5, 0.6) is 0 Å². The number of anilines is 1. The zero-order valence-electron chi connectivity index (χ0n) is 19.6. The number of methoxy groups -OCH3 is 1. The van der Waals surface area contributed by atoms with E-state index in [0.717, 1.165) is 38.5 Å². The number of nitrogens with one attached hydrogen (secondary N) is 1. The van der Waals surface area contributed by atoms with Gasteiger partial charge in [0.25, 0.3) is 5.56 Å². The van der Waals surface area contributed by atoms with Gasteiger partial charge < -0.3 is 23.7 Å². The van der Waals surface area contributed by atoms with Crippen molar-refractivity contribution in [2.24, 2.45) is 0 Å². The van der Waals surface area contributed by atoms with Crippen LogP contribution in [-0.4, -0.2) is 71.4 Å². The molecule has 2 rings (SSSR count). The van der Waals surface area contributed by atoms with E-state index in [4.69, 9.17) is 18.9 Å². The van der Waals surface area contributed by atoms with E-state index in [-0.39, 0.29) is 18.1 Å². The van der Waals surface area contributed by atoms with Gasteiger partial charge in [-0.15, -0.1) is 0 Å². The molecule has 0 aliphatic carbocycles. The summed E-state index contributed by atoms with van der Waals surface area (Å²) in [6.07, 6.45) is -1.57. The van der Waals surface area contributed by atoms with Gasteiger partial charge in [-0.2, -0.15) is 4.98 Å². The van der Waals surface area contributed by atoms with Crippen molar-refractivity contribution in [1.82, 2.24) is 9.55 Å². The molecule has 2 heterocycles. The Kier molecular flexibility index (Phi) is 9.22. The number of nitrogens with zero attached hydrogens (tertiary/aromatic N) is 2. The van der Waals surface area contributed by atoms with Gasteiger partial charge in [0.1, 0.15) is 18.8 Å². The molecule has 14 nitrogen and oxygen atoms in total. The molecule has 1 aliphatic rings. The van der Waals surface area contributed by atoms with Crippen LogP contribution in [0.2, 0.25) is 0 Å². The number of hydrogen-bond acceptors (Lipinski definition) is 12. The van der Waals surface area contributed by atoms with Crippen LogP contribution < -0.4 is 10.9 Å². The van der Waals surface area contributed by atoms with Gasteiger partial charge in [-0.3, -0.25) is 33.9 Å². The molecular weight excluding hydrogens is 470 g/mol. The largest absolute Gasteiger partial charge is 0.466 e. The molecule has 4 atom stereocenters. The molecule has 0 radical (unpaired) electrons. The molecule has 0 spiro atoms. The third kappa shape index (κ3) is 7.46. The fourth-order valence-electron chi connectivity index (χ4n) is 3.22. The van der Waals surface area contributed by atoms with Crippen LogP contribution in [0.4, 0.5) is 5.95 Å². The molecule has 1 aromatic rings. The highest BCUT2D eigenvalue weighted by Gasteiger charge is 2.51. The van der Waals surface area contributed by atoms with Crippen LogP contribution in [0.25, 0.3) is 6.20 Å². The predicted molar refractivity (Wildman–Crippen MR) is 116 cm³/mol. The zero-order chi connectivity index (χ0) is 26.3. The highest BCUT2D eigenvalue weighted by molar-refractivity contribution is 5.88. The van der Waals surface area contributed by atoms with Gasteiger partial charge in [0.15, 0.2) is 12.2 Å². The Balaban J connectivity index is 2.60. The average Bonchev–Trinajstić information content (AvgIpc) is 3.06. The number of hydrogen-bond donors (Lipinski definition) is 1. The van der Waals surface area contributed by atoms with Crippen LogP contribution >= 0.6 is 0 Å². The van der Waals surface area contributed by atoms with Crippen LogP contribution in [0, 0.1) is 0 Å². The van der Waals surface area contributed by atoms with E-state index in [0.29, 0.717) is 0 Å². The second kappa shape index (κ2) is 11.9. The van der Waals surface area contributed by atoms with Crippen molar-refractivity contribution in [1.29, 1.82) is 0 Å². The molecule has 1 fully saturated rings. The van der Waals surface area contributed by atoms with Crippen molar-refractivity contribution < 1.29 is 47.7 Å². The smallest absolute Gasteiger partial charge is 0.331 e. The van der Waals surface area contributed by atoms with Gasteiger partial charge in [-0.1, -0.05) is 0 Å². The summed E-state index contributed by atoms with van der Waals surface area (Å²) in [4.78, 5) is 74.6. The van der Waals surface area contributed by atoms with Crippen LogP contribution in [0.3, 0.4) is 0 Å². The lowest BCUT2D eigenvalue weighted by Crippen LogP contribution is -2.40. The minimum absolute atomic E-state index is 0.164. The Hall–Kier alpha value is -4.07.